The van der Waals surface area contributed by atoms with Gasteiger partial charge in [0.1, 0.15) is 17.5 Å². The van der Waals surface area contributed by atoms with Crippen LogP contribution in [0.15, 0.2) is 0 Å². The Morgan fingerprint density at radius 1 is 0.605 bits per heavy atom. The molecule has 0 saturated heterocycles. The Kier molecular flexibility index (Phi) is 27.1. The molecule has 0 rings (SSSR count). The summed E-state index contributed by atoms with van der Waals surface area (Å²) in [6.45, 7) is 8.70. The molecule has 0 aliphatic rings. The van der Waals surface area contributed by atoms with Gasteiger partial charge < -0.3 is 9.47 Å². The van der Waals surface area contributed by atoms with E-state index in [9.17, 15) is 9.59 Å². The van der Waals surface area contributed by atoms with Crippen molar-refractivity contribution in [3.63, 3.8) is 0 Å². The summed E-state index contributed by atoms with van der Waals surface area (Å²) in [5.74, 6) is -0.972. The molecule has 0 heterocycles. The Labute approximate surface area is 237 Å². The van der Waals surface area contributed by atoms with Gasteiger partial charge in [0.05, 0.1) is 18.5 Å². The summed E-state index contributed by atoms with van der Waals surface area (Å²) >= 11 is 0.592. The van der Waals surface area contributed by atoms with E-state index in [0.29, 0.717) is 12.0 Å². The van der Waals surface area contributed by atoms with Crippen LogP contribution in [-0.4, -0.2) is 34.7 Å². The summed E-state index contributed by atoms with van der Waals surface area (Å²) in [7, 11) is 0. The van der Waals surface area contributed by atoms with E-state index in [2.05, 4.69) is 37.1 Å². The van der Waals surface area contributed by atoms with Crippen LogP contribution in [0.1, 0.15) is 163 Å². The van der Waals surface area contributed by atoms with Gasteiger partial charge in [-0.25, -0.2) is 5.26 Å². The van der Waals surface area contributed by atoms with Crippen molar-refractivity contribution in [2.75, 3.05) is 0 Å². The van der Waals surface area contributed by atoms with E-state index in [1.165, 1.54) is 32.1 Å². The molecule has 0 aromatic rings. The molecule has 0 amide bonds. The third-order valence-electron chi connectivity index (χ3n) is 6.90. The van der Waals surface area contributed by atoms with Crippen molar-refractivity contribution in [3.05, 3.63) is 0 Å². The fraction of sp³-hybridized carbons (Fsp3) is 0.933. The van der Waals surface area contributed by atoms with Gasteiger partial charge in [-0.2, -0.15) is 0 Å². The predicted octanol–water partition coefficient (Wildman–Crippen LogP) is 9.52. The van der Waals surface area contributed by atoms with Crippen LogP contribution >= 0.6 is 12.0 Å². The molecule has 0 radical (unpaired) electrons. The third kappa shape index (κ3) is 22.0. The summed E-state index contributed by atoms with van der Waals surface area (Å²) in [4.78, 5) is 25.9. The van der Waals surface area contributed by atoms with E-state index in [1.54, 1.807) is 0 Å². The monoisotopic (exact) mass is 562 g/mol. The first-order valence-electron chi connectivity index (χ1n) is 15.6. The van der Waals surface area contributed by atoms with Crippen molar-refractivity contribution in [1.82, 2.24) is 0 Å². The molecule has 2 unspecified atom stereocenters. The summed E-state index contributed by atoms with van der Waals surface area (Å²) in [6, 6.07) is 0. The Balaban J connectivity index is 5.04. The molecule has 226 valence electrons. The zero-order valence-corrected chi connectivity index (χ0v) is 25.7. The predicted molar refractivity (Wildman–Crippen MR) is 156 cm³/mol. The van der Waals surface area contributed by atoms with Gasteiger partial charge in [0.15, 0.2) is 0 Å². The first-order chi connectivity index (χ1) is 18.5. The van der Waals surface area contributed by atoms with Gasteiger partial charge in [0.2, 0.25) is 0 Å². The number of hydrogen-bond acceptors (Lipinski definition) is 8. The lowest BCUT2D eigenvalue weighted by molar-refractivity contribution is -0.432. The van der Waals surface area contributed by atoms with Crippen LogP contribution in [0.4, 0.5) is 0 Å². The Hall–Kier alpha value is -0.830. The highest BCUT2D eigenvalue weighted by Gasteiger charge is 2.30. The fourth-order valence-corrected chi connectivity index (χ4v) is 5.03. The van der Waals surface area contributed by atoms with E-state index < -0.39 is 17.2 Å². The second-order valence-electron chi connectivity index (χ2n) is 10.5. The molecule has 1 N–H and O–H groups in total. The maximum atomic E-state index is 13.1. The molecule has 8 heteroatoms. The highest BCUT2D eigenvalue weighted by Crippen LogP contribution is 2.24. The summed E-state index contributed by atoms with van der Waals surface area (Å²) in [5, 5.41) is 11.4. The molecule has 2 atom stereocenters. The van der Waals surface area contributed by atoms with Gasteiger partial charge in [-0.3, -0.25) is 9.59 Å². The van der Waals surface area contributed by atoms with Crippen LogP contribution in [0, 0.1) is 0 Å². The minimum absolute atomic E-state index is 0.141. The molecule has 0 aromatic heterocycles. The van der Waals surface area contributed by atoms with E-state index in [4.69, 9.17) is 14.7 Å². The number of carbonyl (C=O) groups excluding carboxylic acids is 2. The highest BCUT2D eigenvalue weighted by molar-refractivity contribution is 7.95. The average Bonchev–Trinajstić information content (AvgIpc) is 2.90. The molecule has 0 aliphatic carbocycles. The normalized spacial score (nSPS) is 13.0. The molecular weight excluding hydrogens is 504 g/mol. The van der Waals surface area contributed by atoms with E-state index >= 15 is 0 Å². The number of hydrogen-bond donors (Lipinski definition) is 1. The van der Waals surface area contributed by atoms with Gasteiger partial charge in [-0.1, -0.05) is 110 Å². The molecule has 0 bridgehead atoms. The Morgan fingerprint density at radius 2 is 1.00 bits per heavy atom. The second kappa shape index (κ2) is 27.7. The number of ether oxygens (including phenoxy) is 2. The van der Waals surface area contributed by atoms with Gasteiger partial charge in [-0.15, -0.1) is 4.33 Å². The topological polar surface area (TPSA) is 91.3 Å². The van der Waals surface area contributed by atoms with Crippen LogP contribution in [0.3, 0.4) is 0 Å². The van der Waals surface area contributed by atoms with Crippen molar-refractivity contribution in [1.29, 1.82) is 0 Å². The number of rotatable bonds is 28. The number of esters is 2. The largest absolute Gasteiger partial charge is 0.462 e. The van der Waals surface area contributed by atoms with Crippen LogP contribution in [0.25, 0.3) is 0 Å². The lowest BCUT2D eigenvalue weighted by atomic mass is 10.0. The summed E-state index contributed by atoms with van der Waals surface area (Å²) < 4.78 is 16.3. The lowest BCUT2D eigenvalue weighted by Gasteiger charge is -2.22. The molecular formula is C30H58O7S. The van der Waals surface area contributed by atoms with Crippen molar-refractivity contribution in [2.45, 2.75) is 180 Å². The fourth-order valence-electron chi connectivity index (χ4n) is 4.57. The second-order valence-corrected chi connectivity index (χ2v) is 11.4. The summed E-state index contributed by atoms with van der Waals surface area (Å²) in [5.41, 5.74) is 0. The van der Waals surface area contributed by atoms with Crippen LogP contribution < -0.4 is 0 Å². The SMILES string of the molecule is CCCCCCCC(CCCCC)OC(=O)CC(SOOO)C(=O)OC(CCCCCC)CCCCCC. The minimum Gasteiger partial charge on any atom is -0.462 e. The molecule has 0 fully saturated rings. The van der Waals surface area contributed by atoms with Gasteiger partial charge >= 0.3 is 11.9 Å². The molecule has 0 aliphatic heterocycles. The molecule has 7 nitrogen and oxygen atoms in total. The molecule has 0 saturated carbocycles. The maximum absolute atomic E-state index is 13.1. The van der Waals surface area contributed by atoms with E-state index in [-0.39, 0.29) is 18.6 Å². The highest BCUT2D eigenvalue weighted by atomic mass is 32.2. The van der Waals surface area contributed by atoms with Crippen molar-refractivity contribution in [3.8, 4) is 0 Å². The summed E-state index contributed by atoms with van der Waals surface area (Å²) in [6.07, 6.45) is 20.7. The zero-order chi connectivity index (χ0) is 28.3. The third-order valence-corrected chi connectivity index (χ3v) is 7.63. The lowest BCUT2D eigenvalue weighted by Crippen LogP contribution is -2.30. The van der Waals surface area contributed by atoms with Gasteiger partial charge in [0, 0.05) is 0 Å². The van der Waals surface area contributed by atoms with Crippen LogP contribution in [-0.2, 0) is 28.4 Å². The van der Waals surface area contributed by atoms with Gasteiger partial charge in [-0.05, 0) is 51.4 Å². The maximum Gasteiger partial charge on any atom is 0.322 e. The number of unbranched alkanes of at least 4 members (excludes halogenated alkanes) is 12. The Bertz CT molecular complexity index is 535. The average molecular weight is 563 g/mol. The molecule has 38 heavy (non-hydrogen) atoms. The molecule has 0 spiro atoms. The van der Waals surface area contributed by atoms with Crippen LogP contribution in [0.2, 0.25) is 0 Å². The Morgan fingerprint density at radius 3 is 1.47 bits per heavy atom. The van der Waals surface area contributed by atoms with Crippen molar-refractivity contribution in [2.24, 2.45) is 0 Å². The van der Waals surface area contributed by atoms with Crippen molar-refractivity contribution < 1.29 is 33.7 Å². The zero-order valence-electron chi connectivity index (χ0n) is 24.9. The van der Waals surface area contributed by atoms with Gasteiger partial charge in [0.25, 0.3) is 0 Å². The standard InChI is InChI=1S/C30H58O7S/c1-5-9-13-16-20-22-26(21-17-12-8-4)34-29(31)25-28(38-37-36-33)30(32)35-27(23-18-14-10-6-2)24-19-15-11-7-3/h26-28,33H,5-25H2,1-4H3. The van der Waals surface area contributed by atoms with E-state index in [1.807, 2.05) is 0 Å². The number of carbonyl (C=O) groups is 2. The van der Waals surface area contributed by atoms with E-state index in [0.717, 1.165) is 96.3 Å². The smallest absolute Gasteiger partial charge is 0.322 e. The van der Waals surface area contributed by atoms with Crippen molar-refractivity contribution >= 4 is 24.0 Å². The van der Waals surface area contributed by atoms with Crippen LogP contribution in [0.5, 0.6) is 0 Å². The quantitative estimate of drug-likeness (QED) is 0.0331. The first kappa shape index (κ1) is 37.2. The molecule has 0 aromatic carbocycles. The minimum atomic E-state index is -0.968. The first-order valence-corrected chi connectivity index (χ1v) is 16.4.